The van der Waals surface area contributed by atoms with Crippen LogP contribution in [0.3, 0.4) is 0 Å². The number of ether oxygens (including phenoxy) is 2. The van der Waals surface area contributed by atoms with E-state index in [-0.39, 0.29) is 18.3 Å². The van der Waals surface area contributed by atoms with Gasteiger partial charge in [0.05, 0.1) is 12.7 Å². The lowest BCUT2D eigenvalue weighted by molar-refractivity contribution is 0.0600. The van der Waals surface area contributed by atoms with Gasteiger partial charge in [0, 0.05) is 10.7 Å². The minimum Gasteiger partial charge on any atom is -0.486 e. The summed E-state index contributed by atoms with van der Waals surface area (Å²) in [6, 6.07) is 15.0. The second-order valence-corrected chi connectivity index (χ2v) is 6.42. The zero-order valence-electron chi connectivity index (χ0n) is 15.3. The Bertz CT molecular complexity index is 994. The molecule has 0 saturated carbocycles. The van der Waals surface area contributed by atoms with Crippen LogP contribution < -0.4 is 10.1 Å². The van der Waals surface area contributed by atoms with E-state index in [1.165, 1.54) is 7.11 Å². The fraction of sp³-hybridized carbons (Fsp3) is 0.143. The third-order valence-corrected chi connectivity index (χ3v) is 4.22. The van der Waals surface area contributed by atoms with Crippen LogP contribution in [0.5, 0.6) is 5.75 Å². The number of benzene rings is 2. The molecule has 1 heterocycles. The zero-order valence-corrected chi connectivity index (χ0v) is 16.1. The van der Waals surface area contributed by atoms with Gasteiger partial charge >= 0.3 is 5.97 Å². The molecule has 3 aromatic rings. The number of methoxy groups -OCH3 is 1. The third-order valence-electron chi connectivity index (χ3n) is 3.99. The molecule has 0 bridgehead atoms. The first-order valence-corrected chi connectivity index (χ1v) is 8.81. The molecule has 0 fully saturated rings. The topological polar surface area (TPSA) is 77.8 Å². The number of rotatable bonds is 6. The van der Waals surface area contributed by atoms with Crippen molar-refractivity contribution in [1.82, 2.24) is 0 Å². The van der Waals surface area contributed by atoms with Crippen molar-refractivity contribution in [2.24, 2.45) is 0 Å². The van der Waals surface area contributed by atoms with Crippen LogP contribution in [0.25, 0.3) is 0 Å². The maximum absolute atomic E-state index is 12.4. The molecule has 0 unspecified atom stereocenters. The second kappa shape index (κ2) is 8.63. The lowest BCUT2D eigenvalue weighted by Crippen LogP contribution is -2.11. The van der Waals surface area contributed by atoms with Crippen molar-refractivity contribution >= 4 is 29.2 Å². The highest BCUT2D eigenvalue weighted by Gasteiger charge is 2.13. The Morgan fingerprint density at radius 3 is 2.54 bits per heavy atom. The van der Waals surface area contributed by atoms with Gasteiger partial charge in [-0.1, -0.05) is 17.7 Å². The standard InChI is InChI=1S/C21H18ClNO5/c1-13-3-6-15(22)11-18(13)23-20(24)19-10-9-17(28-19)12-27-16-7-4-14(5-8-16)21(25)26-2/h3-11H,12H2,1-2H3,(H,23,24). The van der Waals surface area contributed by atoms with E-state index in [2.05, 4.69) is 10.1 Å². The van der Waals surface area contributed by atoms with E-state index in [1.54, 1.807) is 48.5 Å². The SMILES string of the molecule is COC(=O)c1ccc(OCc2ccc(C(=O)Nc3cc(Cl)ccc3C)o2)cc1. The monoisotopic (exact) mass is 399 g/mol. The molecule has 2 aromatic carbocycles. The van der Waals surface area contributed by atoms with Crippen LogP contribution in [0, 0.1) is 6.92 Å². The van der Waals surface area contributed by atoms with Crippen molar-refractivity contribution in [3.05, 3.63) is 82.3 Å². The van der Waals surface area contributed by atoms with Gasteiger partial charge in [0.1, 0.15) is 18.1 Å². The summed E-state index contributed by atoms with van der Waals surface area (Å²) in [7, 11) is 1.32. The number of anilines is 1. The Balaban J connectivity index is 1.60. The van der Waals surface area contributed by atoms with Crippen molar-refractivity contribution in [3.63, 3.8) is 0 Å². The molecule has 0 radical (unpaired) electrons. The van der Waals surface area contributed by atoms with Crippen LogP contribution in [-0.2, 0) is 11.3 Å². The molecule has 0 atom stereocenters. The molecule has 144 valence electrons. The lowest BCUT2D eigenvalue weighted by atomic mass is 10.2. The van der Waals surface area contributed by atoms with Crippen molar-refractivity contribution in [2.45, 2.75) is 13.5 Å². The highest BCUT2D eigenvalue weighted by atomic mass is 35.5. The number of nitrogens with one attached hydrogen (secondary N) is 1. The summed E-state index contributed by atoms with van der Waals surface area (Å²) in [5.41, 5.74) is 1.95. The fourth-order valence-electron chi connectivity index (χ4n) is 2.45. The summed E-state index contributed by atoms with van der Waals surface area (Å²) in [4.78, 5) is 23.8. The average Bonchev–Trinajstić information content (AvgIpc) is 3.18. The predicted molar refractivity (Wildman–Crippen MR) is 105 cm³/mol. The van der Waals surface area contributed by atoms with Gasteiger partial charge in [-0.3, -0.25) is 4.79 Å². The lowest BCUT2D eigenvalue weighted by Gasteiger charge is -2.07. The summed E-state index contributed by atoms with van der Waals surface area (Å²) < 4.78 is 15.8. The smallest absolute Gasteiger partial charge is 0.337 e. The van der Waals surface area contributed by atoms with Crippen LogP contribution in [0.15, 0.2) is 59.0 Å². The number of hydrogen-bond donors (Lipinski definition) is 1. The van der Waals surface area contributed by atoms with Gasteiger partial charge in [-0.05, 0) is 61.0 Å². The molecule has 0 aliphatic rings. The largest absolute Gasteiger partial charge is 0.486 e. The first-order chi connectivity index (χ1) is 13.5. The number of amides is 1. The summed E-state index contributed by atoms with van der Waals surface area (Å²) in [6.45, 7) is 2.01. The number of aryl methyl sites for hydroxylation is 1. The van der Waals surface area contributed by atoms with Crippen molar-refractivity contribution in [2.75, 3.05) is 12.4 Å². The number of hydrogen-bond acceptors (Lipinski definition) is 5. The Morgan fingerprint density at radius 2 is 1.82 bits per heavy atom. The summed E-state index contributed by atoms with van der Waals surface area (Å²) >= 11 is 5.97. The maximum Gasteiger partial charge on any atom is 0.337 e. The van der Waals surface area contributed by atoms with Crippen LogP contribution >= 0.6 is 11.6 Å². The highest BCUT2D eigenvalue weighted by molar-refractivity contribution is 6.31. The van der Waals surface area contributed by atoms with Gasteiger partial charge in [-0.2, -0.15) is 0 Å². The molecule has 1 N–H and O–H groups in total. The molecule has 7 heteroatoms. The Labute approximate surface area is 167 Å². The molecule has 0 saturated heterocycles. The molecular weight excluding hydrogens is 382 g/mol. The summed E-state index contributed by atoms with van der Waals surface area (Å²) in [6.07, 6.45) is 0. The van der Waals surface area contributed by atoms with Crippen molar-refractivity contribution < 1.29 is 23.5 Å². The molecule has 3 rings (SSSR count). The number of furan rings is 1. The molecule has 1 aromatic heterocycles. The summed E-state index contributed by atoms with van der Waals surface area (Å²) in [5, 5.41) is 3.31. The first kappa shape index (κ1) is 19.5. The van der Waals surface area contributed by atoms with Crippen molar-refractivity contribution in [3.8, 4) is 5.75 Å². The second-order valence-electron chi connectivity index (χ2n) is 5.98. The quantitative estimate of drug-likeness (QED) is 0.599. The Kier molecular flexibility index (Phi) is 6.01. The fourth-order valence-corrected chi connectivity index (χ4v) is 2.62. The average molecular weight is 400 g/mol. The van der Waals surface area contributed by atoms with E-state index in [0.717, 1.165) is 5.56 Å². The van der Waals surface area contributed by atoms with E-state index in [4.69, 9.17) is 20.8 Å². The summed E-state index contributed by atoms with van der Waals surface area (Å²) in [5.74, 6) is 0.427. The molecule has 1 amide bonds. The van der Waals surface area contributed by atoms with Crippen molar-refractivity contribution in [1.29, 1.82) is 0 Å². The molecule has 6 nitrogen and oxygen atoms in total. The van der Waals surface area contributed by atoms with Gasteiger partial charge in [0.2, 0.25) is 0 Å². The molecular formula is C21H18ClNO5. The zero-order chi connectivity index (χ0) is 20.1. The van der Waals surface area contributed by atoms with Crippen LogP contribution in [-0.4, -0.2) is 19.0 Å². The Morgan fingerprint density at radius 1 is 1.07 bits per heavy atom. The van der Waals surface area contributed by atoms with E-state index < -0.39 is 5.97 Å². The van der Waals surface area contributed by atoms with Gasteiger partial charge in [-0.25, -0.2) is 4.79 Å². The van der Waals surface area contributed by atoms with E-state index in [1.807, 2.05) is 13.0 Å². The Hall–Kier alpha value is -3.25. The third kappa shape index (κ3) is 4.72. The number of carbonyl (C=O) groups is 2. The minimum atomic E-state index is -0.414. The number of carbonyl (C=O) groups excluding carboxylic acids is 2. The normalized spacial score (nSPS) is 10.4. The number of esters is 1. The van der Waals surface area contributed by atoms with E-state index >= 15 is 0 Å². The first-order valence-electron chi connectivity index (χ1n) is 8.43. The van der Waals surface area contributed by atoms with E-state index in [9.17, 15) is 9.59 Å². The molecule has 28 heavy (non-hydrogen) atoms. The van der Waals surface area contributed by atoms with Crippen LogP contribution in [0.2, 0.25) is 5.02 Å². The number of halogens is 1. The molecule has 0 aliphatic carbocycles. The highest BCUT2D eigenvalue weighted by Crippen LogP contribution is 2.22. The minimum absolute atomic E-state index is 0.140. The van der Waals surface area contributed by atoms with Crippen LogP contribution in [0.1, 0.15) is 32.2 Å². The van der Waals surface area contributed by atoms with Gasteiger partial charge in [0.25, 0.3) is 5.91 Å². The van der Waals surface area contributed by atoms with Crippen LogP contribution in [0.4, 0.5) is 5.69 Å². The maximum atomic E-state index is 12.4. The molecule has 0 aliphatic heterocycles. The predicted octanol–water partition coefficient (Wildman–Crippen LogP) is 4.86. The molecule has 0 spiro atoms. The van der Waals surface area contributed by atoms with Gasteiger partial charge in [-0.15, -0.1) is 0 Å². The van der Waals surface area contributed by atoms with Gasteiger partial charge in [0.15, 0.2) is 5.76 Å². The van der Waals surface area contributed by atoms with Gasteiger partial charge < -0.3 is 19.2 Å². The van der Waals surface area contributed by atoms with E-state index in [0.29, 0.717) is 27.8 Å².